The number of hydrogen-bond acceptors (Lipinski definition) is 5. The van der Waals surface area contributed by atoms with Crippen molar-refractivity contribution in [1.82, 2.24) is 10.6 Å². The fraction of sp³-hybridized carbons (Fsp3) is 0.389. The molecule has 3 amide bonds. The molecule has 0 fully saturated rings. The lowest BCUT2D eigenvalue weighted by atomic mass is 10.1. The Labute approximate surface area is 145 Å². The maximum absolute atomic E-state index is 11.8. The molecule has 25 heavy (non-hydrogen) atoms. The highest BCUT2D eigenvalue weighted by atomic mass is 16.5. The number of benzene rings is 1. The third-order valence-electron chi connectivity index (χ3n) is 3.60. The highest BCUT2D eigenvalue weighted by Gasteiger charge is 2.13. The third-order valence-corrected chi connectivity index (χ3v) is 3.60. The van der Waals surface area contributed by atoms with E-state index in [0.717, 1.165) is 10.9 Å². The molecule has 1 aromatic heterocycles. The predicted molar refractivity (Wildman–Crippen MR) is 93.8 cm³/mol. The molecule has 2 aromatic rings. The number of imide groups is 1. The Morgan fingerprint density at radius 2 is 1.96 bits per heavy atom. The van der Waals surface area contributed by atoms with Crippen molar-refractivity contribution in [2.75, 3.05) is 13.2 Å². The lowest BCUT2D eigenvalue weighted by Gasteiger charge is -2.12. The monoisotopic (exact) mass is 346 g/mol. The summed E-state index contributed by atoms with van der Waals surface area (Å²) in [7, 11) is 0. The Hall–Kier alpha value is -2.83. The molecule has 0 aliphatic rings. The molecule has 0 spiro atoms. The Kier molecular flexibility index (Phi) is 5.80. The van der Waals surface area contributed by atoms with Gasteiger partial charge in [0.2, 0.25) is 0 Å². The first kappa shape index (κ1) is 18.5. The molecule has 0 bridgehead atoms. The second-order valence-corrected chi connectivity index (χ2v) is 6.25. The largest absolute Gasteiger partial charge is 0.483 e. The summed E-state index contributed by atoms with van der Waals surface area (Å²) in [6.45, 7) is 7.62. The van der Waals surface area contributed by atoms with Gasteiger partial charge in [-0.25, -0.2) is 9.59 Å². The zero-order valence-electron chi connectivity index (χ0n) is 14.8. The molecule has 2 N–H and O–H groups in total. The average Bonchev–Trinajstić information content (AvgIpc) is 2.53. The van der Waals surface area contributed by atoms with Crippen LogP contribution in [0.15, 0.2) is 27.4 Å². The number of fused-ring (bicyclic) bond motifs is 1. The molecule has 0 saturated heterocycles. The van der Waals surface area contributed by atoms with Crippen LogP contribution >= 0.6 is 0 Å². The van der Waals surface area contributed by atoms with Crippen LogP contribution in [0, 0.1) is 19.8 Å². The standard InChI is InChI=1S/C18H22N2O5/c1-10(2)8-19-18(23)20-15(21)9-24-14-6-5-13-11(3)7-16(22)25-17(13)12(14)4/h5-7,10H,8-9H2,1-4H3,(H2,19,20,21,23). The quantitative estimate of drug-likeness (QED) is 0.810. The Morgan fingerprint density at radius 1 is 1.24 bits per heavy atom. The summed E-state index contributed by atoms with van der Waals surface area (Å²) in [5.41, 5.74) is 1.42. The fourth-order valence-electron chi connectivity index (χ4n) is 2.30. The summed E-state index contributed by atoms with van der Waals surface area (Å²) in [6, 6.07) is 4.34. The molecule has 0 radical (unpaired) electrons. The Morgan fingerprint density at radius 3 is 2.64 bits per heavy atom. The molecule has 7 heteroatoms. The van der Waals surface area contributed by atoms with E-state index in [4.69, 9.17) is 9.15 Å². The number of aryl methyl sites for hydroxylation is 2. The zero-order chi connectivity index (χ0) is 18.6. The van der Waals surface area contributed by atoms with Gasteiger partial charge in [0, 0.05) is 23.6 Å². The van der Waals surface area contributed by atoms with Gasteiger partial charge in [0.1, 0.15) is 11.3 Å². The fourth-order valence-corrected chi connectivity index (χ4v) is 2.30. The number of nitrogens with one attached hydrogen (secondary N) is 2. The van der Waals surface area contributed by atoms with E-state index in [1.54, 1.807) is 19.1 Å². The maximum atomic E-state index is 11.8. The first-order valence-corrected chi connectivity index (χ1v) is 8.02. The Balaban J connectivity index is 2.03. The van der Waals surface area contributed by atoms with E-state index in [-0.39, 0.29) is 12.5 Å². The highest BCUT2D eigenvalue weighted by Crippen LogP contribution is 2.27. The van der Waals surface area contributed by atoms with E-state index in [9.17, 15) is 14.4 Å². The predicted octanol–water partition coefficient (Wildman–Crippen LogP) is 2.27. The molecule has 1 aromatic carbocycles. The molecule has 134 valence electrons. The topological polar surface area (TPSA) is 97.6 Å². The summed E-state index contributed by atoms with van der Waals surface area (Å²) >= 11 is 0. The first-order valence-electron chi connectivity index (χ1n) is 8.02. The second-order valence-electron chi connectivity index (χ2n) is 6.25. The van der Waals surface area contributed by atoms with Gasteiger partial charge in [0.05, 0.1) is 0 Å². The van der Waals surface area contributed by atoms with Gasteiger partial charge < -0.3 is 14.5 Å². The Bertz CT molecular complexity index is 854. The molecule has 0 aliphatic carbocycles. The van der Waals surface area contributed by atoms with Crippen molar-refractivity contribution in [3.8, 4) is 5.75 Å². The third kappa shape index (κ3) is 4.82. The molecular formula is C18H22N2O5. The minimum atomic E-state index is -0.563. The molecule has 1 heterocycles. The molecule has 0 aliphatic heterocycles. The minimum Gasteiger partial charge on any atom is -0.483 e. The molecule has 2 rings (SSSR count). The molecule has 7 nitrogen and oxygen atoms in total. The van der Waals surface area contributed by atoms with E-state index in [2.05, 4.69) is 10.6 Å². The van der Waals surface area contributed by atoms with Crippen LogP contribution in [0.2, 0.25) is 0 Å². The summed E-state index contributed by atoms with van der Waals surface area (Å²) in [4.78, 5) is 34.9. The smallest absolute Gasteiger partial charge is 0.336 e. The van der Waals surface area contributed by atoms with Gasteiger partial charge >= 0.3 is 11.7 Å². The minimum absolute atomic E-state index is 0.287. The molecular weight excluding hydrogens is 324 g/mol. The molecule has 0 unspecified atom stereocenters. The van der Waals surface area contributed by atoms with Crippen LogP contribution in [0.1, 0.15) is 25.0 Å². The van der Waals surface area contributed by atoms with Crippen LogP contribution in [0.4, 0.5) is 4.79 Å². The van der Waals surface area contributed by atoms with Crippen molar-refractivity contribution >= 4 is 22.9 Å². The summed E-state index contributed by atoms with van der Waals surface area (Å²) in [5.74, 6) is 0.140. The number of carbonyl (C=O) groups is 2. The SMILES string of the molecule is Cc1cc(=O)oc2c(C)c(OCC(=O)NC(=O)NCC(C)C)ccc12. The van der Waals surface area contributed by atoms with Gasteiger partial charge in [-0.3, -0.25) is 10.1 Å². The summed E-state index contributed by atoms with van der Waals surface area (Å²) in [5, 5.41) is 5.58. The average molecular weight is 346 g/mol. The van der Waals surface area contributed by atoms with Crippen LogP contribution in [-0.2, 0) is 4.79 Å². The normalized spacial score (nSPS) is 10.8. The van der Waals surface area contributed by atoms with Gasteiger partial charge in [-0.2, -0.15) is 0 Å². The molecule has 0 saturated carbocycles. The van der Waals surface area contributed by atoms with Crippen LogP contribution in [0.3, 0.4) is 0 Å². The van der Waals surface area contributed by atoms with Crippen molar-refractivity contribution in [3.05, 3.63) is 39.7 Å². The zero-order valence-corrected chi connectivity index (χ0v) is 14.8. The van der Waals surface area contributed by atoms with Gasteiger partial charge in [-0.1, -0.05) is 13.8 Å². The number of amides is 3. The van der Waals surface area contributed by atoms with E-state index >= 15 is 0 Å². The van der Waals surface area contributed by atoms with Crippen molar-refractivity contribution in [1.29, 1.82) is 0 Å². The second kappa shape index (κ2) is 7.83. The number of urea groups is 1. The van der Waals surface area contributed by atoms with Crippen molar-refractivity contribution < 1.29 is 18.7 Å². The lowest BCUT2D eigenvalue weighted by Crippen LogP contribution is -2.42. The number of rotatable bonds is 5. The van der Waals surface area contributed by atoms with E-state index in [1.807, 2.05) is 20.8 Å². The van der Waals surface area contributed by atoms with Crippen molar-refractivity contribution in [3.63, 3.8) is 0 Å². The van der Waals surface area contributed by atoms with Gasteiger partial charge in [0.25, 0.3) is 5.91 Å². The number of carbonyl (C=O) groups excluding carboxylic acids is 2. The van der Waals surface area contributed by atoms with Crippen LogP contribution < -0.4 is 21.0 Å². The highest BCUT2D eigenvalue weighted by molar-refractivity contribution is 5.95. The van der Waals surface area contributed by atoms with Gasteiger partial charge in [-0.05, 0) is 37.5 Å². The van der Waals surface area contributed by atoms with Crippen molar-refractivity contribution in [2.45, 2.75) is 27.7 Å². The van der Waals surface area contributed by atoms with Gasteiger partial charge in [0.15, 0.2) is 6.61 Å². The summed E-state index contributed by atoms with van der Waals surface area (Å²) in [6.07, 6.45) is 0. The lowest BCUT2D eigenvalue weighted by molar-refractivity contribution is -0.122. The number of hydrogen-bond donors (Lipinski definition) is 2. The van der Waals surface area contributed by atoms with E-state index in [1.165, 1.54) is 6.07 Å². The van der Waals surface area contributed by atoms with Crippen LogP contribution in [0.25, 0.3) is 11.0 Å². The maximum Gasteiger partial charge on any atom is 0.336 e. The van der Waals surface area contributed by atoms with Crippen molar-refractivity contribution in [2.24, 2.45) is 5.92 Å². The van der Waals surface area contributed by atoms with Crippen LogP contribution in [-0.4, -0.2) is 25.1 Å². The molecule has 0 atom stereocenters. The van der Waals surface area contributed by atoms with E-state index < -0.39 is 17.6 Å². The number of ether oxygens (including phenoxy) is 1. The van der Waals surface area contributed by atoms with Crippen LogP contribution in [0.5, 0.6) is 5.75 Å². The van der Waals surface area contributed by atoms with E-state index in [0.29, 0.717) is 23.4 Å². The van der Waals surface area contributed by atoms with Gasteiger partial charge in [-0.15, -0.1) is 0 Å². The summed E-state index contributed by atoms with van der Waals surface area (Å²) < 4.78 is 10.7. The first-order chi connectivity index (χ1) is 11.8.